The fraction of sp³-hybridized carbons (Fsp3) is 0.429. The number of hydrogen-bond donors (Lipinski definition) is 1. The van der Waals surface area contributed by atoms with Crippen molar-refractivity contribution in [2.24, 2.45) is 0 Å². The molecule has 0 amide bonds. The van der Waals surface area contributed by atoms with E-state index in [0.29, 0.717) is 22.0 Å². The maximum Gasteiger partial charge on any atom is 0.445 e. The smallest absolute Gasteiger partial charge is 0.377 e. The Kier molecular flexibility index (Phi) is 4.67. The predicted octanol–water partition coefficient (Wildman–Crippen LogP) is 5.12. The van der Waals surface area contributed by atoms with Gasteiger partial charge in [-0.15, -0.1) is 10.2 Å². The van der Waals surface area contributed by atoms with E-state index in [1.165, 1.54) is 0 Å². The first-order chi connectivity index (χ1) is 10.1. The fourth-order valence-electron chi connectivity index (χ4n) is 1.93. The summed E-state index contributed by atoms with van der Waals surface area (Å²) in [7, 11) is 0. The summed E-state index contributed by atoms with van der Waals surface area (Å²) in [5.74, 6) is 0. The molecule has 8 heteroatoms. The van der Waals surface area contributed by atoms with Crippen LogP contribution in [-0.4, -0.2) is 10.2 Å². The van der Waals surface area contributed by atoms with Gasteiger partial charge >= 0.3 is 6.18 Å². The minimum absolute atomic E-state index is 0.139. The average Bonchev–Trinajstić information content (AvgIpc) is 2.84. The van der Waals surface area contributed by atoms with Gasteiger partial charge in [0, 0.05) is 0 Å². The molecule has 2 rings (SSSR count). The number of anilines is 1. The lowest BCUT2D eigenvalue weighted by atomic mass is 9.86. The molecule has 2 aromatic rings. The molecule has 3 nitrogen and oxygen atoms in total. The molecule has 0 saturated carbocycles. The van der Waals surface area contributed by atoms with Crippen molar-refractivity contribution in [3.8, 4) is 0 Å². The van der Waals surface area contributed by atoms with Crippen molar-refractivity contribution in [3.05, 3.63) is 38.8 Å². The first-order valence-corrected chi connectivity index (χ1v) is 7.71. The van der Waals surface area contributed by atoms with E-state index in [9.17, 15) is 13.2 Å². The molecule has 0 aliphatic rings. The second-order valence-electron chi connectivity index (χ2n) is 5.76. The lowest BCUT2D eigenvalue weighted by Crippen LogP contribution is -2.15. The molecule has 120 valence electrons. The van der Waals surface area contributed by atoms with Gasteiger partial charge in [0.15, 0.2) is 0 Å². The van der Waals surface area contributed by atoms with Gasteiger partial charge in [-0.05, 0) is 17.0 Å². The van der Waals surface area contributed by atoms with Crippen LogP contribution in [0.15, 0.2) is 18.2 Å². The molecule has 0 fully saturated rings. The minimum atomic E-state index is -4.46. The van der Waals surface area contributed by atoms with E-state index in [0.717, 1.165) is 5.56 Å². The van der Waals surface area contributed by atoms with E-state index in [-0.39, 0.29) is 17.0 Å². The zero-order valence-corrected chi connectivity index (χ0v) is 13.8. The third-order valence-corrected chi connectivity index (χ3v) is 4.23. The van der Waals surface area contributed by atoms with Crippen molar-refractivity contribution in [2.75, 3.05) is 5.32 Å². The Morgan fingerprint density at radius 1 is 1.18 bits per heavy atom. The number of rotatable bonds is 3. The summed E-state index contributed by atoms with van der Waals surface area (Å²) in [6.45, 7) is 6.25. The van der Waals surface area contributed by atoms with Gasteiger partial charge in [0.05, 0.1) is 17.3 Å². The Bertz CT molecular complexity index is 662. The number of hydrogen-bond acceptors (Lipinski definition) is 4. The summed E-state index contributed by atoms with van der Waals surface area (Å²) in [5, 5.41) is 9.64. The molecule has 0 aliphatic carbocycles. The topological polar surface area (TPSA) is 37.8 Å². The molecule has 1 aromatic heterocycles. The van der Waals surface area contributed by atoms with Gasteiger partial charge < -0.3 is 5.32 Å². The summed E-state index contributed by atoms with van der Waals surface area (Å²) in [6, 6.07) is 5.52. The van der Waals surface area contributed by atoms with Crippen molar-refractivity contribution < 1.29 is 13.2 Å². The summed E-state index contributed by atoms with van der Waals surface area (Å²) in [5.41, 5.74) is 1.55. The van der Waals surface area contributed by atoms with E-state index >= 15 is 0 Å². The monoisotopic (exact) mass is 349 g/mol. The number of nitrogens with one attached hydrogen (secondary N) is 1. The van der Waals surface area contributed by atoms with Gasteiger partial charge in [0.25, 0.3) is 0 Å². The number of benzene rings is 1. The molecule has 0 saturated heterocycles. The third kappa shape index (κ3) is 3.89. The van der Waals surface area contributed by atoms with Gasteiger partial charge in [0.1, 0.15) is 5.01 Å². The van der Waals surface area contributed by atoms with Crippen LogP contribution in [0.25, 0.3) is 0 Å². The van der Waals surface area contributed by atoms with Gasteiger partial charge in [-0.3, -0.25) is 0 Å². The minimum Gasteiger partial charge on any atom is -0.377 e. The molecule has 0 radical (unpaired) electrons. The van der Waals surface area contributed by atoms with Crippen molar-refractivity contribution in [3.63, 3.8) is 0 Å². The van der Waals surface area contributed by atoms with Crippen molar-refractivity contribution in [1.29, 1.82) is 0 Å². The Labute approximate surface area is 135 Å². The van der Waals surface area contributed by atoms with Crippen LogP contribution in [-0.2, 0) is 18.1 Å². The van der Waals surface area contributed by atoms with Gasteiger partial charge in [0.2, 0.25) is 5.01 Å². The second-order valence-corrected chi connectivity index (χ2v) is 7.23. The molecule has 22 heavy (non-hydrogen) atoms. The molecule has 0 aliphatic heterocycles. The Hall–Kier alpha value is -1.34. The SMILES string of the molecule is CC(C)(C)c1cccc(Cl)c1NCc1nnc(C(F)(F)F)s1. The normalized spacial score (nSPS) is 12.5. The first-order valence-electron chi connectivity index (χ1n) is 6.51. The summed E-state index contributed by atoms with van der Waals surface area (Å²) in [6.07, 6.45) is -4.46. The van der Waals surface area contributed by atoms with E-state index in [1.54, 1.807) is 6.07 Å². The highest BCUT2D eigenvalue weighted by Gasteiger charge is 2.35. The highest BCUT2D eigenvalue weighted by Crippen LogP contribution is 2.36. The van der Waals surface area contributed by atoms with Crippen LogP contribution in [0.4, 0.5) is 18.9 Å². The van der Waals surface area contributed by atoms with E-state index in [1.807, 2.05) is 32.9 Å². The van der Waals surface area contributed by atoms with Crippen LogP contribution in [0, 0.1) is 0 Å². The van der Waals surface area contributed by atoms with Crippen molar-refractivity contribution >= 4 is 28.6 Å². The highest BCUT2D eigenvalue weighted by molar-refractivity contribution is 7.11. The number of halogens is 4. The molecular formula is C14H15ClF3N3S. The molecule has 0 atom stereocenters. The molecule has 0 bridgehead atoms. The molecule has 0 spiro atoms. The lowest BCUT2D eigenvalue weighted by molar-refractivity contribution is -0.138. The number of aromatic nitrogens is 2. The molecular weight excluding hydrogens is 335 g/mol. The maximum absolute atomic E-state index is 12.5. The van der Waals surface area contributed by atoms with E-state index in [4.69, 9.17) is 11.6 Å². The average molecular weight is 350 g/mol. The predicted molar refractivity (Wildman–Crippen MR) is 82.4 cm³/mol. The quantitative estimate of drug-likeness (QED) is 0.835. The summed E-state index contributed by atoms with van der Waals surface area (Å²) >= 11 is 6.73. The zero-order valence-electron chi connectivity index (χ0n) is 12.3. The largest absolute Gasteiger partial charge is 0.445 e. The lowest BCUT2D eigenvalue weighted by Gasteiger charge is -2.24. The number of para-hydroxylation sites is 1. The summed E-state index contributed by atoms with van der Waals surface area (Å²) in [4.78, 5) is 0. The van der Waals surface area contributed by atoms with Gasteiger partial charge in [-0.25, -0.2) is 0 Å². The summed E-state index contributed by atoms with van der Waals surface area (Å²) < 4.78 is 37.5. The van der Waals surface area contributed by atoms with Crippen LogP contribution in [0.2, 0.25) is 5.02 Å². The van der Waals surface area contributed by atoms with Crippen LogP contribution in [0.5, 0.6) is 0 Å². The van der Waals surface area contributed by atoms with Gasteiger partial charge in [-0.1, -0.05) is 55.8 Å². The van der Waals surface area contributed by atoms with Crippen molar-refractivity contribution in [2.45, 2.75) is 38.9 Å². The highest BCUT2D eigenvalue weighted by atomic mass is 35.5. The second kappa shape index (κ2) is 6.04. The maximum atomic E-state index is 12.5. The van der Waals surface area contributed by atoms with E-state index in [2.05, 4.69) is 15.5 Å². The Morgan fingerprint density at radius 3 is 2.41 bits per heavy atom. The standard InChI is InChI=1S/C14H15ClF3N3S/c1-13(2,3)8-5-4-6-9(15)11(8)19-7-10-20-21-12(22-10)14(16,17)18/h4-6,19H,7H2,1-3H3. The molecule has 1 heterocycles. The van der Waals surface area contributed by atoms with Crippen LogP contribution in [0.3, 0.4) is 0 Å². The number of alkyl halides is 3. The van der Waals surface area contributed by atoms with Crippen LogP contribution < -0.4 is 5.32 Å². The Balaban J connectivity index is 2.20. The molecule has 0 unspecified atom stereocenters. The Morgan fingerprint density at radius 2 is 1.86 bits per heavy atom. The third-order valence-electron chi connectivity index (χ3n) is 2.95. The first kappa shape index (κ1) is 17.0. The molecule has 1 N–H and O–H groups in total. The van der Waals surface area contributed by atoms with Crippen LogP contribution >= 0.6 is 22.9 Å². The fourth-order valence-corrected chi connectivity index (χ4v) is 2.82. The van der Waals surface area contributed by atoms with Crippen molar-refractivity contribution in [1.82, 2.24) is 10.2 Å². The van der Waals surface area contributed by atoms with Crippen LogP contribution in [0.1, 0.15) is 36.3 Å². The zero-order chi connectivity index (χ0) is 16.5. The van der Waals surface area contributed by atoms with E-state index < -0.39 is 11.2 Å². The molecule has 1 aromatic carbocycles. The van der Waals surface area contributed by atoms with Gasteiger partial charge in [-0.2, -0.15) is 13.2 Å². The number of nitrogens with zero attached hydrogens (tertiary/aromatic N) is 2.